The Morgan fingerprint density at radius 1 is 1.18 bits per heavy atom. The van der Waals surface area contributed by atoms with E-state index in [2.05, 4.69) is 15.5 Å². The number of carbonyl (C=O) groups excluding carboxylic acids is 2. The molecule has 2 aliphatic rings. The number of rotatable bonds is 5. The number of fused-ring (bicyclic) bond motifs is 2. The van der Waals surface area contributed by atoms with Gasteiger partial charge >= 0.3 is 0 Å². The molecule has 1 N–H and O–H groups in total. The number of benzene rings is 1. The summed E-state index contributed by atoms with van der Waals surface area (Å²) >= 11 is 0. The van der Waals surface area contributed by atoms with Crippen molar-refractivity contribution in [2.24, 2.45) is 0 Å². The van der Waals surface area contributed by atoms with E-state index >= 15 is 0 Å². The van der Waals surface area contributed by atoms with Crippen molar-refractivity contribution in [1.29, 1.82) is 0 Å². The van der Waals surface area contributed by atoms with E-state index in [0.717, 1.165) is 22.4 Å². The van der Waals surface area contributed by atoms with Crippen molar-refractivity contribution >= 4 is 11.8 Å². The summed E-state index contributed by atoms with van der Waals surface area (Å²) in [4.78, 5) is 31.9. The second-order valence-corrected chi connectivity index (χ2v) is 8.09. The van der Waals surface area contributed by atoms with E-state index in [4.69, 9.17) is 14.0 Å². The number of pyridine rings is 1. The first kappa shape index (κ1) is 21.0. The highest BCUT2D eigenvalue weighted by Crippen LogP contribution is 2.33. The number of hydrogen-bond acceptors (Lipinski definition) is 7. The van der Waals surface area contributed by atoms with Crippen LogP contribution >= 0.6 is 0 Å². The molecule has 3 aromatic rings. The summed E-state index contributed by atoms with van der Waals surface area (Å²) in [6, 6.07) is 6.90. The third-order valence-electron chi connectivity index (χ3n) is 6.07. The molecule has 2 amide bonds. The van der Waals surface area contributed by atoms with Crippen molar-refractivity contribution in [2.75, 3.05) is 13.3 Å². The molecule has 0 bridgehead atoms. The molecule has 0 unspecified atom stereocenters. The van der Waals surface area contributed by atoms with Crippen LogP contribution in [-0.4, -0.2) is 40.2 Å². The van der Waals surface area contributed by atoms with Crippen LogP contribution in [0.4, 0.5) is 0 Å². The highest BCUT2D eigenvalue weighted by Gasteiger charge is 2.26. The van der Waals surface area contributed by atoms with Gasteiger partial charge in [0.05, 0.1) is 0 Å². The van der Waals surface area contributed by atoms with Gasteiger partial charge in [0.2, 0.25) is 6.79 Å². The van der Waals surface area contributed by atoms with Crippen LogP contribution in [0.2, 0.25) is 0 Å². The largest absolute Gasteiger partial charge is 0.454 e. The Bertz CT molecular complexity index is 1240. The van der Waals surface area contributed by atoms with Crippen LogP contribution in [-0.2, 0) is 25.9 Å². The number of carbonyl (C=O) groups is 2. The van der Waals surface area contributed by atoms with Crippen LogP contribution in [0, 0.1) is 6.92 Å². The Kier molecular flexibility index (Phi) is 5.45. The molecule has 33 heavy (non-hydrogen) atoms. The number of amides is 2. The Hall–Kier alpha value is -3.88. The number of ether oxygens (including phenoxy) is 2. The van der Waals surface area contributed by atoms with E-state index in [1.54, 1.807) is 29.2 Å². The predicted octanol–water partition coefficient (Wildman–Crippen LogP) is 2.80. The van der Waals surface area contributed by atoms with Gasteiger partial charge in [-0.3, -0.25) is 14.6 Å². The van der Waals surface area contributed by atoms with E-state index in [-0.39, 0.29) is 24.3 Å². The summed E-state index contributed by atoms with van der Waals surface area (Å²) < 4.78 is 15.9. The molecular formula is C24H24N4O5. The van der Waals surface area contributed by atoms with Gasteiger partial charge in [0.1, 0.15) is 5.76 Å². The van der Waals surface area contributed by atoms with Crippen molar-refractivity contribution < 1.29 is 23.6 Å². The summed E-state index contributed by atoms with van der Waals surface area (Å²) in [6.45, 7) is 5.41. The molecule has 5 rings (SSSR count). The molecule has 1 aromatic carbocycles. The van der Waals surface area contributed by atoms with Crippen LogP contribution in [0.5, 0.6) is 11.5 Å². The summed E-state index contributed by atoms with van der Waals surface area (Å²) in [6.07, 6.45) is 3.18. The maximum absolute atomic E-state index is 13.1. The third-order valence-corrected chi connectivity index (χ3v) is 6.07. The molecule has 2 aromatic heterocycles. The van der Waals surface area contributed by atoms with E-state index in [1.165, 1.54) is 0 Å². The van der Waals surface area contributed by atoms with Crippen molar-refractivity contribution in [1.82, 2.24) is 20.4 Å². The first-order valence-corrected chi connectivity index (χ1v) is 10.9. The summed E-state index contributed by atoms with van der Waals surface area (Å²) in [5.41, 5.74) is 4.79. The zero-order valence-corrected chi connectivity index (χ0v) is 18.5. The second kappa shape index (κ2) is 8.57. The Morgan fingerprint density at radius 2 is 2.03 bits per heavy atom. The topological polar surface area (TPSA) is 107 Å². The fourth-order valence-electron chi connectivity index (χ4n) is 4.19. The minimum Gasteiger partial charge on any atom is -0.454 e. The first-order chi connectivity index (χ1) is 16.0. The zero-order valence-electron chi connectivity index (χ0n) is 18.5. The van der Waals surface area contributed by atoms with Crippen LogP contribution in [0.15, 0.2) is 35.0 Å². The quantitative estimate of drug-likeness (QED) is 0.640. The summed E-state index contributed by atoms with van der Waals surface area (Å²) in [5, 5.41) is 6.74. The van der Waals surface area contributed by atoms with Gasteiger partial charge in [0, 0.05) is 49.6 Å². The summed E-state index contributed by atoms with van der Waals surface area (Å²) in [7, 11) is 0. The molecule has 0 saturated carbocycles. The Balaban J connectivity index is 1.30. The number of aryl methyl sites for hydroxylation is 2. The van der Waals surface area contributed by atoms with Crippen molar-refractivity contribution in [3.05, 3.63) is 69.9 Å². The molecule has 9 nitrogen and oxygen atoms in total. The van der Waals surface area contributed by atoms with E-state index in [1.807, 2.05) is 20.0 Å². The van der Waals surface area contributed by atoms with E-state index < -0.39 is 0 Å². The normalized spacial score (nSPS) is 14.2. The van der Waals surface area contributed by atoms with Crippen molar-refractivity contribution in [3.63, 3.8) is 0 Å². The molecule has 0 fully saturated rings. The number of aromatic nitrogens is 2. The third kappa shape index (κ3) is 4.02. The van der Waals surface area contributed by atoms with Crippen LogP contribution < -0.4 is 14.8 Å². The van der Waals surface area contributed by atoms with Crippen LogP contribution in [0.1, 0.15) is 55.9 Å². The number of hydrogen-bond donors (Lipinski definition) is 1. The van der Waals surface area contributed by atoms with Crippen molar-refractivity contribution in [3.8, 4) is 11.5 Å². The standard InChI is InChI=1S/C24H24N4O5/c1-3-17-9-20(27-33-17)23(29)26-11-19-14(2)25-10-16-12-28(7-6-18(16)19)24(30)15-4-5-21-22(8-15)32-13-31-21/h4-5,8-10H,3,6-7,11-13H2,1-2H3,(H,26,29). The Morgan fingerprint density at radius 3 is 2.85 bits per heavy atom. The fraction of sp³-hybridized carbons (Fsp3) is 0.333. The van der Waals surface area contributed by atoms with E-state index in [9.17, 15) is 9.59 Å². The molecular weight excluding hydrogens is 424 g/mol. The predicted molar refractivity (Wildman–Crippen MR) is 117 cm³/mol. The lowest BCUT2D eigenvalue weighted by molar-refractivity contribution is 0.0733. The van der Waals surface area contributed by atoms with E-state index in [0.29, 0.717) is 55.3 Å². The van der Waals surface area contributed by atoms with Crippen molar-refractivity contribution in [2.45, 2.75) is 39.8 Å². The van der Waals surface area contributed by atoms with Gasteiger partial charge in [-0.1, -0.05) is 12.1 Å². The summed E-state index contributed by atoms with van der Waals surface area (Å²) in [5.74, 6) is 1.56. The maximum Gasteiger partial charge on any atom is 0.273 e. The molecule has 0 spiro atoms. The van der Waals surface area contributed by atoms with Gasteiger partial charge in [0.25, 0.3) is 11.8 Å². The first-order valence-electron chi connectivity index (χ1n) is 10.9. The minimum atomic E-state index is -0.286. The molecule has 0 saturated heterocycles. The smallest absolute Gasteiger partial charge is 0.273 e. The van der Waals surface area contributed by atoms with Gasteiger partial charge in [-0.25, -0.2) is 0 Å². The second-order valence-electron chi connectivity index (χ2n) is 8.09. The molecule has 0 atom stereocenters. The molecule has 9 heteroatoms. The minimum absolute atomic E-state index is 0.0628. The van der Waals surface area contributed by atoms with Crippen LogP contribution in [0.3, 0.4) is 0 Å². The highest BCUT2D eigenvalue weighted by atomic mass is 16.7. The molecule has 170 valence electrons. The molecule has 2 aliphatic heterocycles. The SMILES string of the molecule is CCc1cc(C(=O)NCc2c(C)ncc3c2CCN(C(=O)c2ccc4c(c2)OCO4)C3)no1. The van der Waals surface area contributed by atoms with Gasteiger partial charge in [0.15, 0.2) is 17.2 Å². The monoisotopic (exact) mass is 448 g/mol. The van der Waals surface area contributed by atoms with Gasteiger partial charge < -0.3 is 24.2 Å². The van der Waals surface area contributed by atoms with Gasteiger partial charge in [-0.2, -0.15) is 0 Å². The van der Waals surface area contributed by atoms with Crippen LogP contribution in [0.25, 0.3) is 0 Å². The molecule has 0 aliphatic carbocycles. The fourth-order valence-corrected chi connectivity index (χ4v) is 4.19. The van der Waals surface area contributed by atoms with Gasteiger partial charge in [-0.15, -0.1) is 0 Å². The zero-order chi connectivity index (χ0) is 22.9. The van der Waals surface area contributed by atoms with Gasteiger partial charge in [-0.05, 0) is 48.2 Å². The number of nitrogens with one attached hydrogen (secondary N) is 1. The lowest BCUT2D eigenvalue weighted by atomic mass is 9.94. The molecule has 4 heterocycles. The lowest BCUT2D eigenvalue weighted by Crippen LogP contribution is -2.37. The lowest BCUT2D eigenvalue weighted by Gasteiger charge is -2.30. The number of nitrogens with zero attached hydrogens (tertiary/aromatic N) is 3. The average Bonchev–Trinajstić information content (AvgIpc) is 3.51. The molecule has 0 radical (unpaired) electrons. The average molecular weight is 448 g/mol. The maximum atomic E-state index is 13.1. The highest BCUT2D eigenvalue weighted by molar-refractivity contribution is 5.95. The Labute approximate surface area is 190 Å².